The molecule has 6 nitrogen and oxygen atoms in total. The predicted octanol–water partition coefficient (Wildman–Crippen LogP) is 1.37. The molecule has 0 unspecified atom stereocenters. The first-order chi connectivity index (χ1) is 13.8. The van der Waals surface area contributed by atoms with Crippen molar-refractivity contribution in [2.75, 3.05) is 9.80 Å². The van der Waals surface area contributed by atoms with Gasteiger partial charge in [0.25, 0.3) is 23.6 Å². The highest BCUT2D eigenvalue weighted by Crippen LogP contribution is 2.20. The standard InChI is InChI=1S/C22H18N2O4Si/c1-29(2,17-7-3-15(4-8-17)23-19(25)11-12-20(23)26)18-9-5-16(6-10-18)24-21(27)13-14-22(24)28/h3-14H,1-2H3. The van der Waals surface area contributed by atoms with Crippen molar-refractivity contribution in [1.29, 1.82) is 0 Å². The van der Waals surface area contributed by atoms with E-state index in [4.69, 9.17) is 0 Å². The molecule has 0 saturated carbocycles. The van der Waals surface area contributed by atoms with E-state index in [2.05, 4.69) is 13.1 Å². The molecule has 2 heterocycles. The first-order valence-electron chi connectivity index (χ1n) is 9.12. The smallest absolute Gasteiger partial charge is 0.258 e. The van der Waals surface area contributed by atoms with E-state index < -0.39 is 8.07 Å². The minimum atomic E-state index is -2.06. The zero-order valence-electron chi connectivity index (χ0n) is 16.0. The van der Waals surface area contributed by atoms with Crippen LogP contribution in [0.5, 0.6) is 0 Å². The second-order valence-corrected chi connectivity index (χ2v) is 11.8. The molecule has 144 valence electrons. The van der Waals surface area contributed by atoms with Gasteiger partial charge in [0, 0.05) is 24.3 Å². The number of carbonyl (C=O) groups excluding carboxylic acids is 4. The molecule has 4 rings (SSSR count). The lowest BCUT2D eigenvalue weighted by atomic mass is 10.3. The predicted molar refractivity (Wildman–Crippen MR) is 113 cm³/mol. The van der Waals surface area contributed by atoms with Gasteiger partial charge in [-0.25, -0.2) is 9.80 Å². The van der Waals surface area contributed by atoms with Crippen LogP contribution in [0.1, 0.15) is 0 Å². The third kappa shape index (κ3) is 3.15. The second kappa shape index (κ2) is 6.79. The Morgan fingerprint density at radius 1 is 0.517 bits per heavy atom. The van der Waals surface area contributed by atoms with Crippen molar-refractivity contribution in [1.82, 2.24) is 0 Å². The van der Waals surface area contributed by atoms with Crippen molar-refractivity contribution in [3.8, 4) is 0 Å². The van der Waals surface area contributed by atoms with Crippen molar-refractivity contribution in [3.05, 3.63) is 72.8 Å². The highest BCUT2D eigenvalue weighted by molar-refractivity contribution is 7.00. The fourth-order valence-corrected chi connectivity index (χ4v) is 5.86. The number of hydrogen-bond acceptors (Lipinski definition) is 4. The average molecular weight is 402 g/mol. The maximum absolute atomic E-state index is 11.8. The van der Waals surface area contributed by atoms with Gasteiger partial charge >= 0.3 is 0 Å². The number of carbonyl (C=O) groups is 4. The van der Waals surface area contributed by atoms with Crippen LogP contribution in [-0.4, -0.2) is 31.7 Å². The maximum atomic E-state index is 11.8. The summed E-state index contributed by atoms with van der Waals surface area (Å²) in [4.78, 5) is 49.7. The molecule has 0 bridgehead atoms. The molecule has 0 N–H and O–H groups in total. The molecule has 2 aliphatic rings. The molecule has 0 radical (unpaired) electrons. The van der Waals surface area contributed by atoms with Crippen LogP contribution in [0.15, 0.2) is 72.8 Å². The maximum Gasteiger partial charge on any atom is 0.258 e. The lowest BCUT2D eigenvalue weighted by molar-refractivity contribution is -0.121. The number of benzene rings is 2. The van der Waals surface area contributed by atoms with Crippen molar-refractivity contribution < 1.29 is 19.2 Å². The third-order valence-electron chi connectivity index (χ3n) is 5.31. The van der Waals surface area contributed by atoms with Crippen LogP contribution in [0.3, 0.4) is 0 Å². The van der Waals surface area contributed by atoms with Gasteiger partial charge in [-0.2, -0.15) is 0 Å². The Morgan fingerprint density at radius 2 is 0.793 bits per heavy atom. The summed E-state index contributed by atoms with van der Waals surface area (Å²) in [7, 11) is -2.06. The summed E-state index contributed by atoms with van der Waals surface area (Å²) < 4.78 is 0. The minimum Gasteiger partial charge on any atom is -0.269 e. The Balaban J connectivity index is 1.58. The van der Waals surface area contributed by atoms with E-state index in [1.807, 2.05) is 24.3 Å². The Morgan fingerprint density at radius 3 is 1.07 bits per heavy atom. The van der Waals surface area contributed by atoms with Gasteiger partial charge < -0.3 is 0 Å². The summed E-state index contributed by atoms with van der Waals surface area (Å²) in [6.45, 7) is 4.39. The molecule has 0 fully saturated rings. The minimum absolute atomic E-state index is 0.338. The Kier molecular flexibility index (Phi) is 4.39. The van der Waals surface area contributed by atoms with Crippen LogP contribution >= 0.6 is 0 Å². The summed E-state index contributed by atoms with van der Waals surface area (Å²) in [6, 6.07) is 14.9. The van der Waals surface area contributed by atoms with Crippen molar-refractivity contribution in [2.45, 2.75) is 13.1 Å². The molecule has 29 heavy (non-hydrogen) atoms. The van der Waals surface area contributed by atoms with E-state index in [1.165, 1.54) is 24.3 Å². The third-order valence-corrected chi connectivity index (χ3v) is 8.87. The van der Waals surface area contributed by atoms with Crippen LogP contribution in [0.25, 0.3) is 0 Å². The van der Waals surface area contributed by atoms with Crippen LogP contribution in [0, 0.1) is 0 Å². The van der Waals surface area contributed by atoms with Gasteiger partial charge in [0.1, 0.15) is 8.07 Å². The van der Waals surface area contributed by atoms with E-state index in [0.717, 1.165) is 20.2 Å². The van der Waals surface area contributed by atoms with E-state index in [0.29, 0.717) is 11.4 Å². The van der Waals surface area contributed by atoms with E-state index >= 15 is 0 Å². The molecule has 0 saturated heterocycles. The molecule has 4 amide bonds. The topological polar surface area (TPSA) is 74.8 Å². The van der Waals surface area contributed by atoms with Gasteiger partial charge in [0.2, 0.25) is 0 Å². The summed E-state index contributed by atoms with van der Waals surface area (Å²) in [5.74, 6) is -1.35. The van der Waals surface area contributed by atoms with E-state index in [9.17, 15) is 19.2 Å². The first-order valence-corrected chi connectivity index (χ1v) is 12.1. The summed E-state index contributed by atoms with van der Waals surface area (Å²) in [5, 5.41) is 2.27. The van der Waals surface area contributed by atoms with E-state index in [1.54, 1.807) is 24.3 Å². The lowest BCUT2D eigenvalue weighted by Crippen LogP contribution is -2.52. The fraction of sp³-hybridized carbons (Fsp3) is 0.0909. The molecule has 0 spiro atoms. The number of rotatable bonds is 4. The number of anilines is 2. The van der Waals surface area contributed by atoms with Crippen molar-refractivity contribution >= 4 is 53.5 Å². The van der Waals surface area contributed by atoms with Crippen LogP contribution in [0.4, 0.5) is 11.4 Å². The Labute approximate surface area is 168 Å². The molecule has 0 aliphatic carbocycles. The first kappa shape index (κ1) is 18.8. The fourth-order valence-electron chi connectivity index (χ4n) is 3.53. The Hall–Kier alpha value is -3.58. The molecule has 0 aromatic heterocycles. The molecule has 2 aromatic carbocycles. The number of imide groups is 2. The Bertz CT molecular complexity index is 975. The van der Waals surface area contributed by atoms with Crippen LogP contribution in [-0.2, 0) is 19.2 Å². The number of amides is 4. The molecule has 0 atom stereocenters. The normalized spacial score (nSPS) is 16.5. The molecule has 2 aliphatic heterocycles. The second-order valence-electron chi connectivity index (χ2n) is 7.41. The highest BCUT2D eigenvalue weighted by Gasteiger charge is 2.30. The van der Waals surface area contributed by atoms with Crippen LogP contribution in [0.2, 0.25) is 13.1 Å². The SMILES string of the molecule is C[Si](C)(c1ccc(N2C(=O)C=CC2=O)cc1)c1ccc(N2C(=O)C=CC2=O)cc1. The van der Waals surface area contributed by atoms with Gasteiger partial charge in [0.15, 0.2) is 0 Å². The molecule has 2 aromatic rings. The van der Waals surface area contributed by atoms with Gasteiger partial charge in [-0.3, -0.25) is 19.2 Å². The molecular formula is C22H18N2O4Si. The lowest BCUT2D eigenvalue weighted by Gasteiger charge is -2.25. The zero-order valence-corrected chi connectivity index (χ0v) is 17.0. The molecular weight excluding hydrogens is 384 g/mol. The van der Waals surface area contributed by atoms with Gasteiger partial charge in [0.05, 0.1) is 11.4 Å². The highest BCUT2D eigenvalue weighted by atomic mass is 28.3. The van der Waals surface area contributed by atoms with Crippen LogP contribution < -0.4 is 20.2 Å². The van der Waals surface area contributed by atoms with Gasteiger partial charge in [-0.05, 0) is 24.3 Å². The quantitative estimate of drug-likeness (QED) is 0.572. The van der Waals surface area contributed by atoms with Gasteiger partial charge in [-0.15, -0.1) is 0 Å². The summed E-state index contributed by atoms with van der Waals surface area (Å²) >= 11 is 0. The number of hydrogen-bond donors (Lipinski definition) is 0. The summed E-state index contributed by atoms with van der Waals surface area (Å²) in [6.07, 6.45) is 5.06. The molecule has 7 heteroatoms. The van der Waals surface area contributed by atoms with Crippen molar-refractivity contribution in [3.63, 3.8) is 0 Å². The van der Waals surface area contributed by atoms with Gasteiger partial charge in [-0.1, -0.05) is 47.7 Å². The summed E-state index contributed by atoms with van der Waals surface area (Å²) in [5.41, 5.74) is 1.10. The zero-order chi connectivity index (χ0) is 20.8. The largest absolute Gasteiger partial charge is 0.269 e. The number of nitrogens with zero attached hydrogens (tertiary/aromatic N) is 2. The van der Waals surface area contributed by atoms with Crippen molar-refractivity contribution in [2.24, 2.45) is 0 Å². The van der Waals surface area contributed by atoms with E-state index in [-0.39, 0.29) is 23.6 Å². The monoisotopic (exact) mass is 402 g/mol. The average Bonchev–Trinajstić information content (AvgIpc) is 3.22.